The number of carbonyl (C=O) groups is 1. The van der Waals surface area contributed by atoms with Crippen LogP contribution in [0.4, 0.5) is 11.4 Å². The minimum Gasteiger partial charge on any atom is -0.326 e. The van der Waals surface area contributed by atoms with Crippen LogP contribution >= 0.6 is 0 Å². The van der Waals surface area contributed by atoms with Crippen molar-refractivity contribution in [3.8, 4) is 6.07 Å². The van der Waals surface area contributed by atoms with Crippen molar-refractivity contribution in [1.82, 2.24) is 0 Å². The molecule has 0 aliphatic carbocycles. The second-order valence-electron chi connectivity index (χ2n) is 5.94. The predicted molar refractivity (Wildman–Crippen MR) is 96.5 cm³/mol. The summed E-state index contributed by atoms with van der Waals surface area (Å²) >= 11 is 0. The Bertz CT molecular complexity index is 898. The first-order valence-corrected chi connectivity index (χ1v) is 9.22. The van der Waals surface area contributed by atoms with E-state index >= 15 is 0 Å². The van der Waals surface area contributed by atoms with E-state index in [4.69, 9.17) is 5.26 Å². The predicted octanol–water partition coefficient (Wildman–Crippen LogP) is 3.34. The average molecular weight is 357 g/mol. The van der Waals surface area contributed by atoms with Gasteiger partial charge in [-0.15, -0.1) is 0 Å². The minimum absolute atomic E-state index is 0.0765. The summed E-state index contributed by atoms with van der Waals surface area (Å²) in [6, 6.07) is 14.2. The summed E-state index contributed by atoms with van der Waals surface area (Å²) in [4.78, 5) is 11.7. The number of hydrogen-bond donors (Lipinski definition) is 2. The van der Waals surface area contributed by atoms with Gasteiger partial charge in [0.15, 0.2) is 0 Å². The van der Waals surface area contributed by atoms with Gasteiger partial charge in [-0.25, -0.2) is 8.42 Å². The van der Waals surface area contributed by atoms with Crippen LogP contribution in [0, 0.1) is 17.2 Å². The van der Waals surface area contributed by atoms with Gasteiger partial charge in [0.25, 0.3) is 10.0 Å². The van der Waals surface area contributed by atoms with Crippen LogP contribution in [-0.2, 0) is 14.8 Å². The fourth-order valence-electron chi connectivity index (χ4n) is 2.21. The van der Waals surface area contributed by atoms with Crippen molar-refractivity contribution >= 4 is 27.3 Å². The summed E-state index contributed by atoms with van der Waals surface area (Å²) in [6.45, 7) is 3.91. The van der Waals surface area contributed by atoms with E-state index in [1.54, 1.807) is 36.4 Å². The number of hydrogen-bond acceptors (Lipinski definition) is 4. The first kappa shape index (κ1) is 18.5. The summed E-state index contributed by atoms with van der Waals surface area (Å²) in [7, 11) is -3.87. The Kier molecular flexibility index (Phi) is 5.78. The van der Waals surface area contributed by atoms with E-state index in [9.17, 15) is 13.2 Å². The van der Waals surface area contributed by atoms with E-state index in [2.05, 4.69) is 10.0 Å². The number of nitrogens with zero attached hydrogens (tertiary/aromatic N) is 1. The number of benzene rings is 2. The molecule has 1 amide bonds. The largest absolute Gasteiger partial charge is 0.326 e. The molecule has 6 nitrogen and oxygen atoms in total. The Balaban J connectivity index is 2.13. The highest BCUT2D eigenvalue weighted by Crippen LogP contribution is 2.21. The summed E-state index contributed by atoms with van der Waals surface area (Å²) in [5.41, 5.74) is 1.01. The third kappa shape index (κ3) is 5.06. The Morgan fingerprint density at radius 3 is 2.28 bits per heavy atom. The number of nitriles is 1. The molecule has 2 aromatic rings. The molecule has 7 heteroatoms. The minimum atomic E-state index is -3.87. The van der Waals surface area contributed by atoms with Gasteiger partial charge in [-0.1, -0.05) is 26.0 Å². The first-order chi connectivity index (χ1) is 11.8. The maximum atomic E-state index is 12.4. The second kappa shape index (κ2) is 7.81. The number of rotatable bonds is 6. The van der Waals surface area contributed by atoms with Crippen LogP contribution in [0.25, 0.3) is 0 Å². The summed E-state index contributed by atoms with van der Waals surface area (Å²) < 4.78 is 27.3. The van der Waals surface area contributed by atoms with Crippen molar-refractivity contribution in [2.24, 2.45) is 5.92 Å². The molecule has 0 saturated heterocycles. The van der Waals surface area contributed by atoms with Crippen molar-refractivity contribution < 1.29 is 13.2 Å². The van der Waals surface area contributed by atoms with E-state index < -0.39 is 10.0 Å². The van der Waals surface area contributed by atoms with Crippen LogP contribution in [-0.4, -0.2) is 14.3 Å². The molecule has 130 valence electrons. The van der Waals surface area contributed by atoms with Crippen molar-refractivity contribution in [1.29, 1.82) is 5.26 Å². The summed E-state index contributed by atoms with van der Waals surface area (Å²) in [6.07, 6.45) is 0.416. The number of sulfonamides is 1. The molecule has 0 heterocycles. The van der Waals surface area contributed by atoms with Crippen LogP contribution in [0.3, 0.4) is 0 Å². The summed E-state index contributed by atoms with van der Waals surface area (Å²) in [5, 5.41) is 11.8. The number of amides is 1. The van der Waals surface area contributed by atoms with E-state index in [0.29, 0.717) is 17.8 Å². The lowest BCUT2D eigenvalue weighted by Gasteiger charge is -2.11. The molecule has 25 heavy (non-hydrogen) atoms. The van der Waals surface area contributed by atoms with Gasteiger partial charge in [-0.2, -0.15) is 5.26 Å². The topological polar surface area (TPSA) is 99.1 Å². The Morgan fingerprint density at radius 2 is 1.68 bits per heavy atom. The van der Waals surface area contributed by atoms with Crippen molar-refractivity contribution in [3.63, 3.8) is 0 Å². The van der Waals surface area contributed by atoms with Gasteiger partial charge < -0.3 is 5.32 Å². The molecule has 0 aliphatic heterocycles. The highest BCUT2D eigenvalue weighted by Gasteiger charge is 2.18. The van der Waals surface area contributed by atoms with Gasteiger partial charge in [0.2, 0.25) is 5.91 Å². The molecule has 0 aromatic heterocycles. The average Bonchev–Trinajstić information content (AvgIpc) is 2.55. The van der Waals surface area contributed by atoms with Crippen molar-refractivity contribution in [2.45, 2.75) is 25.2 Å². The molecule has 0 fully saturated rings. The third-order valence-electron chi connectivity index (χ3n) is 3.31. The maximum Gasteiger partial charge on any atom is 0.263 e. The molecule has 0 saturated carbocycles. The van der Waals surface area contributed by atoms with Gasteiger partial charge >= 0.3 is 0 Å². The van der Waals surface area contributed by atoms with Crippen LogP contribution in [0.2, 0.25) is 0 Å². The van der Waals surface area contributed by atoms with Gasteiger partial charge in [-0.3, -0.25) is 9.52 Å². The highest BCUT2D eigenvalue weighted by atomic mass is 32.2. The van der Waals surface area contributed by atoms with E-state index in [-0.39, 0.29) is 22.3 Å². The Morgan fingerprint density at radius 1 is 1.08 bits per heavy atom. The number of nitrogens with one attached hydrogen (secondary N) is 2. The van der Waals surface area contributed by atoms with E-state index in [1.807, 2.05) is 19.9 Å². The SMILES string of the molecule is CC(C)CC(=O)Nc1ccc(NS(=O)(=O)c2ccccc2C#N)cc1. The fraction of sp³-hybridized carbons (Fsp3) is 0.222. The van der Waals surface area contributed by atoms with Crippen LogP contribution in [0.1, 0.15) is 25.8 Å². The summed E-state index contributed by atoms with van der Waals surface area (Å²) in [5.74, 6) is 0.164. The lowest BCUT2D eigenvalue weighted by atomic mass is 10.1. The molecular weight excluding hydrogens is 338 g/mol. The quantitative estimate of drug-likeness (QED) is 0.828. The van der Waals surface area contributed by atoms with Gasteiger partial charge in [0, 0.05) is 17.8 Å². The van der Waals surface area contributed by atoms with Crippen LogP contribution in [0.5, 0.6) is 0 Å². The van der Waals surface area contributed by atoms with Crippen molar-refractivity contribution in [2.75, 3.05) is 10.0 Å². The zero-order valence-electron chi connectivity index (χ0n) is 14.0. The molecule has 2 rings (SSSR count). The van der Waals surface area contributed by atoms with Gasteiger partial charge in [0.1, 0.15) is 11.0 Å². The molecule has 2 aromatic carbocycles. The zero-order chi connectivity index (χ0) is 18.4. The molecule has 0 aliphatic rings. The Labute approximate surface area is 147 Å². The lowest BCUT2D eigenvalue weighted by molar-refractivity contribution is -0.116. The van der Waals surface area contributed by atoms with Gasteiger partial charge in [-0.05, 0) is 42.3 Å². The fourth-order valence-corrected chi connectivity index (χ4v) is 3.43. The second-order valence-corrected chi connectivity index (χ2v) is 7.59. The monoisotopic (exact) mass is 357 g/mol. The smallest absolute Gasteiger partial charge is 0.263 e. The molecule has 0 unspecified atom stereocenters. The van der Waals surface area contributed by atoms with Crippen molar-refractivity contribution in [3.05, 3.63) is 54.1 Å². The zero-order valence-corrected chi connectivity index (χ0v) is 14.8. The molecular formula is C18H19N3O3S. The number of carbonyl (C=O) groups excluding carboxylic acids is 1. The molecule has 0 bridgehead atoms. The Hall–Kier alpha value is -2.85. The lowest BCUT2D eigenvalue weighted by Crippen LogP contribution is -2.15. The number of anilines is 2. The van der Waals surface area contributed by atoms with Gasteiger partial charge in [0.05, 0.1) is 5.56 Å². The molecule has 0 atom stereocenters. The first-order valence-electron chi connectivity index (χ1n) is 7.73. The van der Waals surface area contributed by atoms with E-state index in [0.717, 1.165) is 0 Å². The van der Waals surface area contributed by atoms with E-state index in [1.165, 1.54) is 12.1 Å². The molecule has 2 N–H and O–H groups in total. The standard InChI is InChI=1S/C18H19N3O3S/c1-13(2)11-18(22)20-15-7-9-16(10-8-15)21-25(23,24)17-6-4-3-5-14(17)12-19/h3-10,13,21H,11H2,1-2H3,(H,20,22). The molecule has 0 radical (unpaired) electrons. The van der Waals surface area contributed by atoms with Crippen LogP contribution in [0.15, 0.2) is 53.4 Å². The van der Waals surface area contributed by atoms with Crippen LogP contribution < -0.4 is 10.0 Å². The normalized spacial score (nSPS) is 11.0. The maximum absolute atomic E-state index is 12.4. The highest BCUT2D eigenvalue weighted by molar-refractivity contribution is 7.92. The molecule has 0 spiro atoms. The third-order valence-corrected chi connectivity index (χ3v) is 4.75.